The van der Waals surface area contributed by atoms with E-state index < -0.39 is 10.8 Å². The maximum Gasteiger partial charge on any atom is 0.255 e. The zero-order chi connectivity index (χ0) is 14.6. The lowest BCUT2D eigenvalue weighted by Crippen LogP contribution is -2.27. The van der Waals surface area contributed by atoms with E-state index in [9.17, 15) is 14.1 Å². The van der Waals surface area contributed by atoms with Gasteiger partial charge in [0.2, 0.25) is 0 Å². The monoisotopic (exact) mass is 347 g/mol. The number of nitrogens with one attached hydrogen (secondary N) is 1. The van der Waals surface area contributed by atoms with Gasteiger partial charge in [-0.15, -0.1) is 0 Å². The molecule has 0 fully saturated rings. The maximum absolute atomic E-state index is 12.0. The van der Waals surface area contributed by atoms with E-state index in [2.05, 4.69) is 21.2 Å². The Bertz CT molecular complexity index is 505. The number of amides is 1. The fraction of sp³-hybridized carbons (Fsp3) is 0.462. The van der Waals surface area contributed by atoms with Crippen molar-refractivity contribution in [3.8, 4) is 5.75 Å². The van der Waals surface area contributed by atoms with E-state index in [1.807, 2.05) is 13.8 Å². The molecule has 0 spiro atoms. The molecule has 106 valence electrons. The molecule has 19 heavy (non-hydrogen) atoms. The molecule has 0 heterocycles. The van der Waals surface area contributed by atoms with Gasteiger partial charge in [-0.3, -0.25) is 9.00 Å². The minimum Gasteiger partial charge on any atom is -0.506 e. The molecule has 0 bridgehead atoms. The number of aryl methyl sites for hydroxylation is 1. The average Bonchev–Trinajstić information content (AvgIpc) is 2.33. The van der Waals surface area contributed by atoms with Crippen LogP contribution in [-0.4, -0.2) is 33.3 Å². The molecule has 2 unspecified atom stereocenters. The molecule has 1 aromatic rings. The van der Waals surface area contributed by atoms with Gasteiger partial charge in [0.05, 0.1) is 10.0 Å². The Hall–Kier alpha value is -0.880. The van der Waals surface area contributed by atoms with Crippen molar-refractivity contribution >= 4 is 32.6 Å². The number of hydrogen-bond acceptors (Lipinski definition) is 3. The van der Waals surface area contributed by atoms with Crippen molar-refractivity contribution in [1.29, 1.82) is 0 Å². The third-order valence-electron chi connectivity index (χ3n) is 2.86. The lowest BCUT2D eigenvalue weighted by molar-refractivity contribution is 0.0950. The number of phenolic OH excluding ortho intramolecular Hbond substituents is 1. The molecule has 0 aromatic heterocycles. The summed E-state index contributed by atoms with van der Waals surface area (Å²) in [5.41, 5.74) is 1.13. The Morgan fingerprint density at radius 2 is 2.16 bits per heavy atom. The van der Waals surface area contributed by atoms with Crippen LogP contribution < -0.4 is 5.32 Å². The van der Waals surface area contributed by atoms with E-state index in [1.54, 1.807) is 18.4 Å². The molecule has 0 aliphatic heterocycles. The van der Waals surface area contributed by atoms with Gasteiger partial charge in [0.1, 0.15) is 5.75 Å². The summed E-state index contributed by atoms with van der Waals surface area (Å²) in [7, 11) is -0.889. The highest BCUT2D eigenvalue weighted by atomic mass is 79.9. The van der Waals surface area contributed by atoms with Crippen molar-refractivity contribution in [2.45, 2.75) is 25.5 Å². The predicted molar refractivity (Wildman–Crippen MR) is 81.0 cm³/mol. The first-order valence-corrected chi connectivity index (χ1v) is 8.34. The maximum atomic E-state index is 12.0. The van der Waals surface area contributed by atoms with Gasteiger partial charge in [-0.05, 0) is 47.0 Å². The van der Waals surface area contributed by atoms with Crippen molar-refractivity contribution in [2.75, 3.05) is 12.8 Å². The Morgan fingerprint density at radius 1 is 1.53 bits per heavy atom. The summed E-state index contributed by atoms with van der Waals surface area (Å²) < 4.78 is 11.7. The van der Waals surface area contributed by atoms with Gasteiger partial charge in [-0.25, -0.2) is 0 Å². The van der Waals surface area contributed by atoms with Crippen LogP contribution in [0.1, 0.15) is 29.3 Å². The Kier molecular flexibility index (Phi) is 6.00. The van der Waals surface area contributed by atoms with Gasteiger partial charge in [0, 0.05) is 28.9 Å². The van der Waals surface area contributed by atoms with E-state index in [0.29, 0.717) is 17.4 Å². The van der Waals surface area contributed by atoms with Gasteiger partial charge in [0.25, 0.3) is 5.91 Å². The van der Waals surface area contributed by atoms with Crippen LogP contribution in [0.4, 0.5) is 0 Å². The van der Waals surface area contributed by atoms with Gasteiger partial charge in [-0.1, -0.05) is 6.92 Å². The summed E-state index contributed by atoms with van der Waals surface area (Å²) in [6.45, 7) is 4.16. The minimum atomic E-state index is -0.889. The first-order chi connectivity index (χ1) is 8.82. The molecule has 1 aromatic carbocycles. The summed E-state index contributed by atoms with van der Waals surface area (Å²) in [6, 6.07) is 3.38. The number of carbonyl (C=O) groups excluding carboxylic acids is 1. The van der Waals surface area contributed by atoms with E-state index in [-0.39, 0.29) is 22.5 Å². The van der Waals surface area contributed by atoms with Crippen LogP contribution in [-0.2, 0) is 10.8 Å². The smallest absolute Gasteiger partial charge is 0.255 e. The lowest BCUT2D eigenvalue weighted by atomic mass is 10.1. The Labute approximate surface area is 124 Å². The van der Waals surface area contributed by atoms with E-state index >= 15 is 0 Å². The fourth-order valence-corrected chi connectivity index (χ4v) is 2.58. The SMILES string of the molecule is Cc1cc(Br)c(O)c(C(=O)NCCC(C)S(C)=O)c1. The van der Waals surface area contributed by atoms with Crippen molar-refractivity contribution < 1.29 is 14.1 Å². The number of hydrogen-bond donors (Lipinski definition) is 2. The summed E-state index contributed by atoms with van der Waals surface area (Å²) in [5.74, 6) is -0.383. The molecule has 2 N–H and O–H groups in total. The second-order valence-electron chi connectivity index (χ2n) is 4.50. The van der Waals surface area contributed by atoms with Gasteiger partial charge in [0.15, 0.2) is 0 Å². The minimum absolute atomic E-state index is 0.0399. The molecule has 1 rings (SSSR count). The Morgan fingerprint density at radius 3 is 2.74 bits per heavy atom. The summed E-state index contributed by atoms with van der Waals surface area (Å²) in [5, 5.41) is 12.6. The number of carbonyl (C=O) groups is 1. The van der Waals surface area contributed by atoms with Crippen LogP contribution in [0.15, 0.2) is 16.6 Å². The normalized spacial score (nSPS) is 13.9. The molecule has 0 radical (unpaired) electrons. The highest BCUT2D eigenvalue weighted by Crippen LogP contribution is 2.29. The topological polar surface area (TPSA) is 66.4 Å². The first kappa shape index (κ1) is 16.2. The summed E-state index contributed by atoms with van der Waals surface area (Å²) in [4.78, 5) is 12.0. The number of rotatable bonds is 5. The predicted octanol–water partition coefficient (Wildman–Crippen LogP) is 2.35. The van der Waals surface area contributed by atoms with Crippen LogP contribution in [0.2, 0.25) is 0 Å². The number of phenols is 1. The van der Waals surface area contributed by atoms with Crippen LogP contribution in [0.25, 0.3) is 0 Å². The van der Waals surface area contributed by atoms with Gasteiger partial charge >= 0.3 is 0 Å². The summed E-state index contributed by atoms with van der Waals surface area (Å²) in [6.07, 6.45) is 2.29. The van der Waals surface area contributed by atoms with Crippen molar-refractivity contribution in [3.63, 3.8) is 0 Å². The second kappa shape index (κ2) is 7.05. The standard InChI is InChI=1S/C13H18BrNO3S/c1-8-6-10(12(16)11(14)7-8)13(17)15-5-4-9(2)19(3)18/h6-7,9,16H,4-5H2,1-3H3,(H,15,17). The third kappa shape index (κ3) is 4.62. The molecule has 0 aliphatic carbocycles. The van der Waals surface area contributed by atoms with Crippen molar-refractivity contribution in [2.24, 2.45) is 0 Å². The zero-order valence-electron chi connectivity index (χ0n) is 11.2. The highest BCUT2D eigenvalue weighted by molar-refractivity contribution is 9.10. The van der Waals surface area contributed by atoms with Gasteiger partial charge in [-0.2, -0.15) is 0 Å². The molecule has 0 saturated carbocycles. The van der Waals surface area contributed by atoms with Crippen molar-refractivity contribution in [3.05, 3.63) is 27.7 Å². The third-order valence-corrected chi connectivity index (χ3v) is 4.83. The largest absolute Gasteiger partial charge is 0.506 e. The van der Waals surface area contributed by atoms with E-state index in [1.165, 1.54) is 0 Å². The van der Waals surface area contributed by atoms with Crippen LogP contribution in [0, 0.1) is 6.92 Å². The van der Waals surface area contributed by atoms with Gasteiger partial charge < -0.3 is 10.4 Å². The zero-order valence-corrected chi connectivity index (χ0v) is 13.6. The molecule has 0 aliphatic rings. The molecule has 0 saturated heterocycles. The van der Waals surface area contributed by atoms with Crippen LogP contribution in [0.3, 0.4) is 0 Å². The molecular formula is C13H18BrNO3S. The Balaban J connectivity index is 2.67. The number of halogens is 1. The molecular weight excluding hydrogens is 330 g/mol. The van der Waals surface area contributed by atoms with Crippen LogP contribution in [0.5, 0.6) is 5.75 Å². The van der Waals surface area contributed by atoms with Crippen LogP contribution >= 0.6 is 15.9 Å². The number of benzene rings is 1. The molecule has 4 nitrogen and oxygen atoms in total. The highest BCUT2D eigenvalue weighted by Gasteiger charge is 2.14. The second-order valence-corrected chi connectivity index (χ2v) is 7.15. The average molecular weight is 348 g/mol. The van der Waals surface area contributed by atoms with E-state index in [0.717, 1.165) is 5.56 Å². The molecule has 6 heteroatoms. The van der Waals surface area contributed by atoms with Crippen molar-refractivity contribution in [1.82, 2.24) is 5.32 Å². The van der Waals surface area contributed by atoms with E-state index in [4.69, 9.17) is 0 Å². The summed E-state index contributed by atoms with van der Waals surface area (Å²) >= 11 is 3.21. The quantitative estimate of drug-likeness (QED) is 0.858. The molecule has 2 atom stereocenters. The molecule has 1 amide bonds. The fourth-order valence-electron chi connectivity index (χ4n) is 1.56. The number of aromatic hydroxyl groups is 1. The lowest BCUT2D eigenvalue weighted by Gasteiger charge is -2.11. The first-order valence-electron chi connectivity index (χ1n) is 5.92.